The van der Waals surface area contributed by atoms with Crippen molar-refractivity contribution in [1.29, 1.82) is 0 Å². The molecule has 2 N–H and O–H groups in total. The number of phenolic OH excluding ortho intramolecular Hbond substituents is 1. The third kappa shape index (κ3) is 4.02. The van der Waals surface area contributed by atoms with Crippen LogP contribution in [0.25, 0.3) is 0 Å². The zero-order valence-corrected chi connectivity index (χ0v) is 9.80. The first-order valence-corrected chi connectivity index (χ1v) is 5.14. The Morgan fingerprint density at radius 3 is 2.71 bits per heavy atom. The number of carbonyl (C=O) groups excluding carboxylic acids is 1. The van der Waals surface area contributed by atoms with Crippen LogP contribution in [-0.2, 0) is 0 Å². The van der Waals surface area contributed by atoms with Gasteiger partial charge in [-0.15, -0.1) is 0 Å². The second-order valence-electron chi connectivity index (χ2n) is 3.65. The van der Waals surface area contributed by atoms with Gasteiger partial charge in [-0.1, -0.05) is 11.6 Å². The molecule has 0 amide bonds. The van der Waals surface area contributed by atoms with Gasteiger partial charge >= 0.3 is 0 Å². The van der Waals surface area contributed by atoms with E-state index < -0.39 is 37.9 Å². The minimum atomic E-state index is -3.47. The van der Waals surface area contributed by atoms with Crippen molar-refractivity contribution in [2.24, 2.45) is 0 Å². The number of nitrogens with one attached hydrogen (secondary N) is 1. The van der Waals surface area contributed by atoms with Gasteiger partial charge in [0.2, 0.25) is 0 Å². The Bertz CT molecular complexity index is 646. The van der Waals surface area contributed by atoms with Crippen molar-refractivity contribution in [2.45, 2.75) is 39.1 Å². The van der Waals surface area contributed by atoms with Crippen LogP contribution in [0.1, 0.15) is 50.2 Å². The summed E-state index contributed by atoms with van der Waals surface area (Å²) in [6.07, 6.45) is 0. The summed E-state index contributed by atoms with van der Waals surface area (Å²) in [6.45, 7) is -9.25. The smallest absolute Gasteiger partial charge is 0.179 e. The highest BCUT2D eigenvalue weighted by atomic mass is 35.5. The molecule has 4 heteroatoms. The fraction of sp³-hybridized carbons (Fsp3) is 0.462. The molecule has 0 saturated carbocycles. The monoisotopic (exact) mass is 264 g/mol. The van der Waals surface area contributed by atoms with E-state index in [-0.39, 0.29) is 16.3 Å². The number of hydrogen-bond acceptors (Lipinski definition) is 3. The van der Waals surface area contributed by atoms with E-state index in [2.05, 4.69) is 0 Å². The molecule has 0 aromatic heterocycles. The lowest BCUT2D eigenvalue weighted by atomic mass is 10.0. The Morgan fingerprint density at radius 1 is 1.53 bits per heavy atom. The van der Waals surface area contributed by atoms with Crippen LogP contribution in [-0.4, -0.2) is 22.5 Å². The molecular formula is C13H18ClNO2. The van der Waals surface area contributed by atoms with Gasteiger partial charge in [-0.25, -0.2) is 0 Å². The van der Waals surface area contributed by atoms with Crippen molar-refractivity contribution in [1.82, 2.24) is 5.32 Å². The summed E-state index contributed by atoms with van der Waals surface area (Å²) in [5.74, 6) is -1.07. The minimum absolute atomic E-state index is 0.0525. The average Bonchev–Trinajstić information content (AvgIpc) is 2.42. The number of ketones is 1. The van der Waals surface area contributed by atoms with E-state index in [1.807, 2.05) is 5.32 Å². The Morgan fingerprint density at radius 2 is 2.18 bits per heavy atom. The number of phenols is 1. The third-order valence-corrected chi connectivity index (χ3v) is 2.36. The molecule has 0 bridgehead atoms. The Kier molecular flexibility index (Phi) is 1.70. The van der Waals surface area contributed by atoms with Crippen LogP contribution < -0.4 is 5.32 Å². The quantitative estimate of drug-likeness (QED) is 0.825. The SMILES string of the molecule is [2H]C([2H])([2H])C(NC(C)C(=O)c1ccc(O)c(Cl)c1)(C([2H])([2H])[2H])C([2H])([2H])[2H]. The predicted octanol–water partition coefficient (Wildman–Crippen LogP) is 3.00. The van der Waals surface area contributed by atoms with Gasteiger partial charge < -0.3 is 10.4 Å². The molecule has 0 fully saturated rings. The summed E-state index contributed by atoms with van der Waals surface area (Å²) in [6, 6.07) is 1.96. The highest BCUT2D eigenvalue weighted by Crippen LogP contribution is 2.24. The van der Waals surface area contributed by atoms with Crippen LogP contribution in [0.2, 0.25) is 5.02 Å². The maximum atomic E-state index is 12.5. The maximum absolute atomic E-state index is 12.5. The number of rotatable bonds is 3. The number of Topliss-reactive ketones (excluding diaryl/α,β-unsaturated/α-hetero) is 1. The molecule has 0 aliphatic heterocycles. The van der Waals surface area contributed by atoms with Gasteiger partial charge in [0.05, 0.1) is 11.1 Å². The van der Waals surface area contributed by atoms with Crippen molar-refractivity contribution < 1.29 is 22.2 Å². The van der Waals surface area contributed by atoms with Crippen LogP contribution in [0.3, 0.4) is 0 Å². The van der Waals surface area contributed by atoms with Crippen LogP contribution in [0.4, 0.5) is 0 Å². The molecule has 0 aliphatic rings. The molecule has 3 nitrogen and oxygen atoms in total. The molecule has 17 heavy (non-hydrogen) atoms. The maximum Gasteiger partial charge on any atom is 0.179 e. The summed E-state index contributed by atoms with van der Waals surface area (Å²) in [7, 11) is 0. The van der Waals surface area contributed by atoms with Crippen LogP contribution in [0, 0.1) is 0 Å². The lowest BCUT2D eigenvalue weighted by Crippen LogP contribution is -2.46. The van der Waals surface area contributed by atoms with Crippen molar-refractivity contribution in [3.63, 3.8) is 0 Å². The number of benzene rings is 1. The van der Waals surface area contributed by atoms with Gasteiger partial charge in [0.15, 0.2) is 5.78 Å². The second kappa shape index (κ2) is 5.07. The summed E-state index contributed by atoms with van der Waals surface area (Å²) < 4.78 is 67.8. The lowest BCUT2D eigenvalue weighted by Gasteiger charge is -2.25. The number of aromatic hydroxyl groups is 1. The first kappa shape index (κ1) is 5.72. The Balaban J connectivity index is 3.39. The molecule has 1 aromatic carbocycles. The molecule has 1 aromatic rings. The van der Waals surface area contributed by atoms with Gasteiger partial charge in [-0.05, 0) is 45.7 Å². The van der Waals surface area contributed by atoms with Crippen LogP contribution in [0.5, 0.6) is 5.75 Å². The van der Waals surface area contributed by atoms with Gasteiger partial charge in [0.1, 0.15) is 5.75 Å². The standard InChI is InChI=1S/C13H18ClNO2/c1-8(15-13(2,3)4)12(17)9-5-6-11(16)10(14)7-9/h5-8,15-16H,1-4H3/i2D3,3D3,4D3. The molecule has 1 rings (SSSR count). The normalized spacial score (nSPS) is 23.5. The van der Waals surface area contributed by atoms with Crippen molar-refractivity contribution in [2.75, 3.05) is 0 Å². The predicted molar refractivity (Wildman–Crippen MR) is 69.8 cm³/mol. The zero-order valence-electron chi connectivity index (χ0n) is 18.0. The summed E-state index contributed by atoms with van der Waals surface area (Å²) in [5.41, 5.74) is -3.37. The zero-order chi connectivity index (χ0) is 20.7. The van der Waals surface area contributed by atoms with Crippen LogP contribution in [0.15, 0.2) is 18.2 Å². The Hall–Kier alpha value is -1.06. The fourth-order valence-corrected chi connectivity index (χ4v) is 1.48. The molecular weight excluding hydrogens is 238 g/mol. The molecule has 0 spiro atoms. The largest absolute Gasteiger partial charge is 0.506 e. The van der Waals surface area contributed by atoms with E-state index in [0.717, 1.165) is 19.1 Å². The summed E-state index contributed by atoms with van der Waals surface area (Å²) in [5, 5.41) is 11.3. The Labute approximate surface area is 119 Å². The van der Waals surface area contributed by atoms with Crippen molar-refractivity contribution >= 4 is 17.4 Å². The first-order valence-electron chi connectivity index (χ1n) is 9.26. The molecule has 1 atom stereocenters. The van der Waals surface area contributed by atoms with Crippen LogP contribution >= 0.6 is 11.6 Å². The first-order chi connectivity index (χ1) is 11.5. The number of halogens is 1. The van der Waals surface area contributed by atoms with E-state index in [9.17, 15) is 9.90 Å². The molecule has 0 radical (unpaired) electrons. The fourth-order valence-electron chi connectivity index (χ4n) is 1.30. The molecule has 0 aliphatic carbocycles. The topological polar surface area (TPSA) is 49.3 Å². The van der Waals surface area contributed by atoms with E-state index in [1.165, 1.54) is 6.07 Å². The summed E-state index contributed by atoms with van der Waals surface area (Å²) in [4.78, 5) is 12.5. The van der Waals surface area contributed by atoms with Gasteiger partial charge in [0.25, 0.3) is 0 Å². The number of carbonyl (C=O) groups is 1. The van der Waals surface area contributed by atoms with Gasteiger partial charge in [0, 0.05) is 23.4 Å². The molecule has 0 heterocycles. The van der Waals surface area contributed by atoms with Crippen molar-refractivity contribution in [3.8, 4) is 5.75 Å². The highest BCUT2D eigenvalue weighted by Gasteiger charge is 2.21. The third-order valence-electron chi connectivity index (χ3n) is 2.06. The molecule has 94 valence electrons. The van der Waals surface area contributed by atoms with E-state index in [1.54, 1.807) is 0 Å². The lowest BCUT2D eigenvalue weighted by molar-refractivity contribution is 0.0936. The van der Waals surface area contributed by atoms with E-state index in [0.29, 0.717) is 0 Å². The van der Waals surface area contributed by atoms with E-state index in [4.69, 9.17) is 23.9 Å². The molecule has 0 saturated heterocycles. The van der Waals surface area contributed by atoms with Gasteiger partial charge in [-0.2, -0.15) is 0 Å². The van der Waals surface area contributed by atoms with Crippen molar-refractivity contribution in [3.05, 3.63) is 28.8 Å². The highest BCUT2D eigenvalue weighted by molar-refractivity contribution is 6.32. The average molecular weight is 265 g/mol. The van der Waals surface area contributed by atoms with E-state index >= 15 is 0 Å². The molecule has 1 unspecified atom stereocenters. The van der Waals surface area contributed by atoms with Gasteiger partial charge in [-0.3, -0.25) is 4.79 Å². The summed E-state index contributed by atoms with van der Waals surface area (Å²) >= 11 is 5.72. The second-order valence-corrected chi connectivity index (χ2v) is 4.05. The minimum Gasteiger partial charge on any atom is -0.506 e. The number of hydrogen-bond donors (Lipinski definition) is 2.